The van der Waals surface area contributed by atoms with Crippen LogP contribution in [-0.2, 0) is 25.9 Å². The summed E-state index contributed by atoms with van der Waals surface area (Å²) < 4.78 is 30.6. The second-order valence-electron chi connectivity index (χ2n) is 6.11. The van der Waals surface area contributed by atoms with Gasteiger partial charge in [-0.15, -0.1) is 0 Å². The molecule has 1 aromatic carbocycles. The standard InChI is InChI=1S/C18H19NO5S/c1-24-18(21)12-7-5-11-19-14(12)9-10-15(19)17(20)13-6-3-4-8-16(13)25(2,22)23/h3-4,6,8-10,12H,5,7,11H2,1-2H3. The monoisotopic (exact) mass is 361 g/mol. The van der Waals surface area contributed by atoms with E-state index in [1.165, 1.54) is 19.2 Å². The average molecular weight is 361 g/mol. The minimum atomic E-state index is -3.52. The van der Waals surface area contributed by atoms with Crippen molar-refractivity contribution in [2.75, 3.05) is 13.4 Å². The number of carbonyl (C=O) groups is 2. The van der Waals surface area contributed by atoms with Crippen molar-refractivity contribution in [3.63, 3.8) is 0 Å². The van der Waals surface area contributed by atoms with Crippen LogP contribution in [-0.4, -0.2) is 38.1 Å². The Kier molecular flexibility index (Phi) is 4.51. The van der Waals surface area contributed by atoms with Crippen LogP contribution in [0.3, 0.4) is 0 Å². The molecule has 0 bridgehead atoms. The van der Waals surface area contributed by atoms with Gasteiger partial charge >= 0.3 is 5.97 Å². The van der Waals surface area contributed by atoms with Crippen LogP contribution in [0.1, 0.15) is 40.5 Å². The summed E-state index contributed by atoms with van der Waals surface area (Å²) in [5, 5.41) is 0. The van der Waals surface area contributed by atoms with Gasteiger partial charge in [0.1, 0.15) is 0 Å². The van der Waals surface area contributed by atoms with Gasteiger partial charge in [0.05, 0.1) is 23.6 Å². The van der Waals surface area contributed by atoms with Gasteiger partial charge < -0.3 is 9.30 Å². The van der Waals surface area contributed by atoms with Gasteiger partial charge in [-0.1, -0.05) is 12.1 Å². The van der Waals surface area contributed by atoms with Crippen LogP contribution < -0.4 is 0 Å². The zero-order valence-corrected chi connectivity index (χ0v) is 14.9. The highest BCUT2D eigenvalue weighted by atomic mass is 32.2. The van der Waals surface area contributed by atoms with Crippen molar-refractivity contribution >= 4 is 21.6 Å². The van der Waals surface area contributed by atoms with Crippen molar-refractivity contribution in [2.24, 2.45) is 0 Å². The van der Waals surface area contributed by atoms with Crippen LogP contribution >= 0.6 is 0 Å². The van der Waals surface area contributed by atoms with E-state index in [0.717, 1.165) is 18.4 Å². The maximum Gasteiger partial charge on any atom is 0.314 e. The number of aromatic nitrogens is 1. The van der Waals surface area contributed by atoms with Crippen LogP contribution in [0.4, 0.5) is 0 Å². The summed E-state index contributed by atoms with van der Waals surface area (Å²) in [6.07, 6.45) is 2.50. The molecule has 0 amide bonds. The van der Waals surface area contributed by atoms with E-state index < -0.39 is 15.8 Å². The zero-order valence-electron chi connectivity index (χ0n) is 14.1. The lowest BCUT2D eigenvalue weighted by molar-refractivity contribution is -0.143. The quantitative estimate of drug-likeness (QED) is 0.616. The van der Waals surface area contributed by atoms with Crippen molar-refractivity contribution in [3.05, 3.63) is 53.3 Å². The summed E-state index contributed by atoms with van der Waals surface area (Å²) in [7, 11) is -2.18. The van der Waals surface area contributed by atoms with Gasteiger partial charge in [-0.3, -0.25) is 9.59 Å². The second-order valence-corrected chi connectivity index (χ2v) is 8.09. The normalized spacial score (nSPS) is 17.0. The number of ether oxygens (including phenoxy) is 1. The van der Waals surface area contributed by atoms with E-state index in [1.807, 2.05) is 0 Å². The first kappa shape index (κ1) is 17.4. The number of methoxy groups -OCH3 is 1. The molecule has 25 heavy (non-hydrogen) atoms. The number of hydrogen-bond acceptors (Lipinski definition) is 5. The fourth-order valence-corrected chi connectivity index (χ4v) is 4.22. The molecule has 0 fully saturated rings. The maximum absolute atomic E-state index is 13.0. The minimum Gasteiger partial charge on any atom is -0.469 e. The summed E-state index contributed by atoms with van der Waals surface area (Å²) in [4.78, 5) is 25.0. The third-order valence-electron chi connectivity index (χ3n) is 4.50. The van der Waals surface area contributed by atoms with Crippen LogP contribution in [0.2, 0.25) is 0 Å². The molecule has 7 heteroatoms. The SMILES string of the molecule is COC(=O)C1CCCn2c(C(=O)c3ccccc3S(C)(=O)=O)ccc21. The van der Waals surface area contributed by atoms with E-state index in [2.05, 4.69) is 0 Å². The first-order valence-electron chi connectivity index (χ1n) is 7.95. The van der Waals surface area contributed by atoms with E-state index in [0.29, 0.717) is 18.7 Å². The molecule has 0 saturated heterocycles. The van der Waals surface area contributed by atoms with Crippen LogP contribution in [0, 0.1) is 0 Å². The number of sulfone groups is 1. The molecule has 0 spiro atoms. The van der Waals surface area contributed by atoms with E-state index >= 15 is 0 Å². The summed E-state index contributed by atoms with van der Waals surface area (Å²) in [6, 6.07) is 9.57. The highest BCUT2D eigenvalue weighted by molar-refractivity contribution is 7.90. The Morgan fingerprint density at radius 3 is 2.56 bits per heavy atom. The number of fused-ring (bicyclic) bond motifs is 1. The van der Waals surface area contributed by atoms with Crippen molar-refractivity contribution < 1.29 is 22.7 Å². The zero-order chi connectivity index (χ0) is 18.2. The van der Waals surface area contributed by atoms with Gasteiger partial charge in [-0.2, -0.15) is 0 Å². The van der Waals surface area contributed by atoms with E-state index in [9.17, 15) is 18.0 Å². The molecule has 1 atom stereocenters. The van der Waals surface area contributed by atoms with Crippen molar-refractivity contribution in [3.8, 4) is 0 Å². The molecule has 0 aliphatic carbocycles. The molecule has 0 saturated carbocycles. The second kappa shape index (κ2) is 6.48. The molecular weight excluding hydrogens is 342 g/mol. The highest BCUT2D eigenvalue weighted by Crippen LogP contribution is 2.31. The molecule has 1 aromatic heterocycles. The third kappa shape index (κ3) is 3.11. The number of esters is 1. The fraction of sp³-hybridized carbons (Fsp3) is 0.333. The van der Waals surface area contributed by atoms with Crippen LogP contribution in [0.5, 0.6) is 0 Å². The fourth-order valence-electron chi connectivity index (χ4n) is 3.33. The van der Waals surface area contributed by atoms with Gasteiger partial charge in [0.15, 0.2) is 9.84 Å². The predicted octanol–water partition coefficient (Wildman–Crippen LogP) is 2.17. The third-order valence-corrected chi connectivity index (χ3v) is 5.65. The Morgan fingerprint density at radius 1 is 1.16 bits per heavy atom. The Bertz CT molecular complexity index is 942. The minimum absolute atomic E-state index is 0.0101. The first-order chi connectivity index (χ1) is 11.8. The number of benzene rings is 1. The van der Waals surface area contributed by atoms with Crippen LogP contribution in [0.15, 0.2) is 41.3 Å². The van der Waals surface area contributed by atoms with Gasteiger partial charge in [0.2, 0.25) is 5.78 Å². The average Bonchev–Trinajstić information content (AvgIpc) is 3.03. The molecule has 132 valence electrons. The summed E-state index contributed by atoms with van der Waals surface area (Å²) >= 11 is 0. The van der Waals surface area contributed by atoms with Crippen molar-refractivity contribution in [1.29, 1.82) is 0 Å². The number of hydrogen-bond donors (Lipinski definition) is 0. The Morgan fingerprint density at radius 2 is 1.88 bits per heavy atom. The lowest BCUT2D eigenvalue weighted by Gasteiger charge is -2.24. The molecule has 6 nitrogen and oxygen atoms in total. The summed E-state index contributed by atoms with van der Waals surface area (Å²) in [5.74, 6) is -1.09. The highest BCUT2D eigenvalue weighted by Gasteiger charge is 2.31. The number of carbonyl (C=O) groups excluding carboxylic acids is 2. The first-order valence-corrected chi connectivity index (χ1v) is 9.84. The molecule has 1 aliphatic heterocycles. The summed E-state index contributed by atoms with van der Waals surface area (Å²) in [5.41, 5.74) is 1.27. The molecule has 2 heterocycles. The smallest absolute Gasteiger partial charge is 0.314 e. The predicted molar refractivity (Wildman–Crippen MR) is 91.4 cm³/mol. The Balaban J connectivity index is 2.07. The molecule has 1 aliphatic rings. The molecule has 2 aromatic rings. The molecule has 0 radical (unpaired) electrons. The van der Waals surface area contributed by atoms with Gasteiger partial charge in [0, 0.05) is 24.1 Å². The molecular formula is C18H19NO5S. The number of rotatable bonds is 4. The van der Waals surface area contributed by atoms with Gasteiger partial charge in [-0.25, -0.2) is 8.42 Å². The largest absolute Gasteiger partial charge is 0.469 e. The molecule has 3 rings (SSSR count). The number of ketones is 1. The van der Waals surface area contributed by atoms with E-state index in [1.54, 1.807) is 28.8 Å². The molecule has 0 N–H and O–H groups in total. The lowest BCUT2D eigenvalue weighted by Crippen LogP contribution is -2.25. The van der Waals surface area contributed by atoms with E-state index in [-0.39, 0.29) is 22.2 Å². The maximum atomic E-state index is 13.0. The Hall–Kier alpha value is -2.41. The van der Waals surface area contributed by atoms with Gasteiger partial charge in [0.25, 0.3) is 0 Å². The van der Waals surface area contributed by atoms with E-state index in [4.69, 9.17) is 4.74 Å². The molecule has 1 unspecified atom stereocenters. The van der Waals surface area contributed by atoms with Crippen LogP contribution in [0.25, 0.3) is 0 Å². The van der Waals surface area contributed by atoms with Crippen molar-refractivity contribution in [2.45, 2.75) is 30.2 Å². The number of nitrogens with zero attached hydrogens (tertiary/aromatic N) is 1. The van der Waals surface area contributed by atoms with Crippen molar-refractivity contribution in [1.82, 2.24) is 4.57 Å². The lowest BCUT2D eigenvalue weighted by atomic mass is 9.96. The summed E-state index contributed by atoms with van der Waals surface area (Å²) in [6.45, 7) is 0.609. The van der Waals surface area contributed by atoms with Gasteiger partial charge in [-0.05, 0) is 37.1 Å². The Labute approximate surface area is 146 Å². The topological polar surface area (TPSA) is 82.4 Å².